The number of nitrogens with zero attached hydrogens (tertiary/aromatic N) is 1. The molecule has 1 aromatic rings. The molecule has 1 atom stereocenters. The van der Waals surface area contributed by atoms with Gasteiger partial charge in [-0.15, -0.1) is 0 Å². The van der Waals surface area contributed by atoms with Gasteiger partial charge in [0.05, 0.1) is 12.2 Å². The van der Waals surface area contributed by atoms with E-state index in [-0.39, 0.29) is 5.91 Å². The van der Waals surface area contributed by atoms with E-state index in [1.165, 1.54) is 0 Å². The Kier molecular flexibility index (Phi) is 9.01. The van der Waals surface area contributed by atoms with Crippen molar-refractivity contribution in [3.05, 3.63) is 23.8 Å². The van der Waals surface area contributed by atoms with E-state index in [0.717, 1.165) is 25.7 Å². The van der Waals surface area contributed by atoms with Gasteiger partial charge in [-0.25, -0.2) is 0 Å². The van der Waals surface area contributed by atoms with Gasteiger partial charge in [0.1, 0.15) is 17.4 Å². The molecule has 25 heavy (non-hydrogen) atoms. The van der Waals surface area contributed by atoms with Crippen LogP contribution >= 0.6 is 0 Å². The molecule has 1 unspecified atom stereocenters. The molecule has 138 valence electrons. The lowest BCUT2D eigenvalue weighted by molar-refractivity contribution is -0.139. The molecule has 0 aliphatic heterocycles. The number of unbranched alkanes of at least 4 members (excludes halogenated alkanes) is 2. The van der Waals surface area contributed by atoms with Crippen LogP contribution in [-0.4, -0.2) is 24.7 Å². The van der Waals surface area contributed by atoms with Gasteiger partial charge in [-0.2, -0.15) is 5.26 Å². The monoisotopic (exact) mass is 346 g/mol. The predicted molar refractivity (Wildman–Crippen MR) is 99.7 cm³/mol. The van der Waals surface area contributed by atoms with Crippen LogP contribution in [0.5, 0.6) is 5.75 Å². The molecule has 0 radical (unpaired) electrons. The van der Waals surface area contributed by atoms with Gasteiger partial charge in [-0.05, 0) is 44.9 Å². The number of hydrogen-bond acceptors (Lipinski definition) is 4. The molecular weight excluding hydrogens is 316 g/mol. The largest absolute Gasteiger partial charge is 0.492 e. The van der Waals surface area contributed by atoms with E-state index in [9.17, 15) is 10.1 Å². The van der Waals surface area contributed by atoms with E-state index in [4.69, 9.17) is 9.47 Å². The maximum atomic E-state index is 12.7. The van der Waals surface area contributed by atoms with Crippen LogP contribution in [0.2, 0.25) is 0 Å². The van der Waals surface area contributed by atoms with Gasteiger partial charge in [-0.3, -0.25) is 4.79 Å². The van der Waals surface area contributed by atoms with Crippen molar-refractivity contribution in [3.63, 3.8) is 0 Å². The first-order valence-corrected chi connectivity index (χ1v) is 9.13. The Morgan fingerprint density at radius 1 is 1.24 bits per heavy atom. The molecule has 0 spiro atoms. The highest BCUT2D eigenvalue weighted by atomic mass is 16.5. The van der Waals surface area contributed by atoms with Crippen LogP contribution in [0, 0.1) is 11.3 Å². The summed E-state index contributed by atoms with van der Waals surface area (Å²) in [5, 5.41) is 12.2. The second-order valence-corrected chi connectivity index (χ2v) is 6.25. The van der Waals surface area contributed by atoms with Crippen molar-refractivity contribution in [3.8, 4) is 11.8 Å². The molecule has 0 aliphatic rings. The minimum atomic E-state index is -0.867. The molecule has 1 rings (SSSR count). The van der Waals surface area contributed by atoms with Crippen molar-refractivity contribution in [1.29, 1.82) is 5.26 Å². The quantitative estimate of drug-likeness (QED) is 0.591. The maximum Gasteiger partial charge on any atom is 0.256 e. The Balaban J connectivity index is 2.87. The summed E-state index contributed by atoms with van der Waals surface area (Å²) >= 11 is 0. The summed E-state index contributed by atoms with van der Waals surface area (Å²) in [6.45, 7) is 8.88. The van der Waals surface area contributed by atoms with Gasteiger partial charge in [0.25, 0.3) is 5.91 Å². The van der Waals surface area contributed by atoms with Gasteiger partial charge in [0.2, 0.25) is 0 Å². The smallest absolute Gasteiger partial charge is 0.256 e. The van der Waals surface area contributed by atoms with Crippen LogP contribution < -0.4 is 10.1 Å². The normalized spacial score (nSPS) is 12.9. The first kappa shape index (κ1) is 21.0. The average molecular weight is 346 g/mol. The number of nitrogens with one attached hydrogen (secondary N) is 1. The molecule has 0 fully saturated rings. The number of carbonyl (C=O) groups is 1. The van der Waals surface area contributed by atoms with E-state index < -0.39 is 5.60 Å². The van der Waals surface area contributed by atoms with E-state index in [0.29, 0.717) is 36.6 Å². The van der Waals surface area contributed by atoms with Crippen molar-refractivity contribution in [2.24, 2.45) is 0 Å². The highest BCUT2D eigenvalue weighted by Gasteiger charge is 2.33. The lowest BCUT2D eigenvalue weighted by Crippen LogP contribution is -2.42. The molecule has 5 nitrogen and oxygen atoms in total. The standard InChI is InChI=1S/C20H30N2O3/c1-5-8-9-12-20(4,25-7-3)19(23)22-17-10-11-18(24-13-6-2)16(14-17)15-21/h10-11,14H,5-9,12-13H2,1-4H3,(H,22,23). The molecule has 1 N–H and O–H groups in total. The molecule has 0 heterocycles. The first-order chi connectivity index (χ1) is 12.0. The summed E-state index contributed by atoms with van der Waals surface area (Å²) in [4.78, 5) is 12.7. The van der Waals surface area contributed by atoms with E-state index in [1.54, 1.807) is 18.2 Å². The van der Waals surface area contributed by atoms with Crippen LogP contribution in [0.15, 0.2) is 18.2 Å². The van der Waals surface area contributed by atoms with E-state index in [1.807, 2.05) is 20.8 Å². The van der Waals surface area contributed by atoms with Crippen LogP contribution in [0.4, 0.5) is 5.69 Å². The number of amides is 1. The van der Waals surface area contributed by atoms with Crippen LogP contribution in [0.1, 0.15) is 65.4 Å². The third kappa shape index (κ3) is 6.39. The minimum absolute atomic E-state index is 0.184. The summed E-state index contributed by atoms with van der Waals surface area (Å²) in [5.74, 6) is 0.356. The molecule has 1 aromatic carbocycles. The van der Waals surface area contributed by atoms with Crippen molar-refractivity contribution < 1.29 is 14.3 Å². The fourth-order valence-electron chi connectivity index (χ4n) is 2.58. The van der Waals surface area contributed by atoms with E-state index in [2.05, 4.69) is 18.3 Å². The fourth-order valence-corrected chi connectivity index (χ4v) is 2.58. The van der Waals surface area contributed by atoms with Gasteiger partial charge < -0.3 is 14.8 Å². The lowest BCUT2D eigenvalue weighted by Gasteiger charge is -2.28. The molecule has 0 bridgehead atoms. The SMILES string of the molecule is CCCCCC(C)(OCC)C(=O)Nc1ccc(OCCC)c(C#N)c1. The number of nitriles is 1. The molecule has 1 amide bonds. The molecule has 0 saturated carbocycles. The van der Waals surface area contributed by atoms with Crippen LogP contribution in [0.25, 0.3) is 0 Å². The van der Waals surface area contributed by atoms with Gasteiger partial charge in [0.15, 0.2) is 0 Å². The molecule has 0 saturated heterocycles. The highest BCUT2D eigenvalue weighted by molar-refractivity contribution is 5.97. The summed E-state index contributed by atoms with van der Waals surface area (Å²) in [6.07, 6.45) is 4.64. The third-order valence-corrected chi connectivity index (χ3v) is 4.02. The van der Waals surface area contributed by atoms with Crippen molar-refractivity contribution in [2.75, 3.05) is 18.5 Å². The zero-order valence-corrected chi connectivity index (χ0v) is 15.9. The number of hydrogen-bond donors (Lipinski definition) is 1. The second kappa shape index (κ2) is 10.7. The van der Waals surface area contributed by atoms with Crippen LogP contribution in [-0.2, 0) is 9.53 Å². The Bertz CT molecular complexity index is 595. The Morgan fingerprint density at radius 3 is 2.60 bits per heavy atom. The van der Waals surface area contributed by atoms with Gasteiger partial charge in [-0.1, -0.05) is 33.1 Å². The number of benzene rings is 1. The molecular formula is C20H30N2O3. The van der Waals surface area contributed by atoms with Crippen molar-refractivity contribution >= 4 is 11.6 Å². The minimum Gasteiger partial charge on any atom is -0.492 e. The first-order valence-electron chi connectivity index (χ1n) is 9.13. The highest BCUT2D eigenvalue weighted by Crippen LogP contribution is 2.25. The Morgan fingerprint density at radius 2 is 2.00 bits per heavy atom. The number of carbonyl (C=O) groups excluding carboxylic acids is 1. The lowest BCUT2D eigenvalue weighted by atomic mass is 9.96. The number of ether oxygens (including phenoxy) is 2. The Labute approximate surface area is 151 Å². The average Bonchev–Trinajstić information content (AvgIpc) is 2.60. The Hall–Kier alpha value is -2.06. The van der Waals surface area contributed by atoms with Gasteiger partial charge >= 0.3 is 0 Å². The van der Waals surface area contributed by atoms with Crippen molar-refractivity contribution in [1.82, 2.24) is 0 Å². The fraction of sp³-hybridized carbons (Fsp3) is 0.600. The van der Waals surface area contributed by atoms with Crippen LogP contribution in [0.3, 0.4) is 0 Å². The van der Waals surface area contributed by atoms with Crippen molar-refractivity contribution in [2.45, 2.75) is 65.4 Å². The number of rotatable bonds is 11. The summed E-state index contributed by atoms with van der Waals surface area (Å²) < 4.78 is 11.3. The molecule has 5 heteroatoms. The summed E-state index contributed by atoms with van der Waals surface area (Å²) in [5.41, 5.74) is 0.121. The van der Waals surface area contributed by atoms with Gasteiger partial charge in [0, 0.05) is 12.3 Å². The zero-order chi connectivity index (χ0) is 18.7. The second-order valence-electron chi connectivity index (χ2n) is 6.25. The zero-order valence-electron chi connectivity index (χ0n) is 15.9. The predicted octanol–water partition coefficient (Wildman–Crippen LogP) is 4.66. The third-order valence-electron chi connectivity index (χ3n) is 4.02. The molecule has 0 aromatic heterocycles. The topological polar surface area (TPSA) is 71.3 Å². The summed E-state index contributed by atoms with van der Waals surface area (Å²) in [6, 6.07) is 7.23. The number of anilines is 1. The maximum absolute atomic E-state index is 12.7. The summed E-state index contributed by atoms with van der Waals surface area (Å²) in [7, 11) is 0. The van der Waals surface area contributed by atoms with E-state index >= 15 is 0 Å². The molecule has 0 aliphatic carbocycles.